The van der Waals surface area contributed by atoms with E-state index in [1.807, 2.05) is 12.4 Å². The number of rotatable bonds is 5. The van der Waals surface area contributed by atoms with Gasteiger partial charge in [0.2, 0.25) is 0 Å². The molecular formula is C17H26N2O2. The van der Waals surface area contributed by atoms with Crippen molar-refractivity contribution >= 4 is 0 Å². The molecule has 0 spiro atoms. The molecular weight excluding hydrogens is 264 g/mol. The van der Waals surface area contributed by atoms with E-state index in [1.165, 1.54) is 12.0 Å². The van der Waals surface area contributed by atoms with Crippen molar-refractivity contribution in [2.24, 2.45) is 5.41 Å². The molecule has 2 fully saturated rings. The van der Waals surface area contributed by atoms with Gasteiger partial charge in [0.15, 0.2) is 0 Å². The number of nitrogens with zero attached hydrogens (tertiary/aromatic N) is 2. The van der Waals surface area contributed by atoms with Gasteiger partial charge in [0.25, 0.3) is 0 Å². The first kappa shape index (κ1) is 14.9. The fourth-order valence-corrected chi connectivity index (χ4v) is 3.78. The molecule has 3 rings (SSSR count). The summed E-state index contributed by atoms with van der Waals surface area (Å²) in [5.74, 6) is 0. The molecule has 1 aromatic heterocycles. The van der Waals surface area contributed by atoms with Crippen molar-refractivity contribution in [2.75, 3.05) is 32.9 Å². The van der Waals surface area contributed by atoms with E-state index in [0.717, 1.165) is 52.3 Å². The largest absolute Gasteiger partial charge is 0.381 e. The highest BCUT2D eigenvalue weighted by Crippen LogP contribution is 2.40. The fourth-order valence-electron chi connectivity index (χ4n) is 3.78. The predicted molar refractivity (Wildman–Crippen MR) is 82.0 cm³/mol. The van der Waals surface area contributed by atoms with Gasteiger partial charge in [-0.3, -0.25) is 9.88 Å². The fraction of sp³-hybridized carbons (Fsp3) is 0.706. The first-order chi connectivity index (χ1) is 10.3. The summed E-state index contributed by atoms with van der Waals surface area (Å²) < 4.78 is 11.9. The van der Waals surface area contributed by atoms with E-state index in [-0.39, 0.29) is 5.41 Å². The summed E-state index contributed by atoms with van der Waals surface area (Å²) in [5.41, 5.74) is 1.53. The topological polar surface area (TPSA) is 34.6 Å². The number of ether oxygens (including phenoxy) is 2. The maximum atomic E-state index is 6.06. The van der Waals surface area contributed by atoms with Gasteiger partial charge in [-0.1, -0.05) is 0 Å². The molecule has 21 heavy (non-hydrogen) atoms. The molecule has 4 nitrogen and oxygen atoms in total. The van der Waals surface area contributed by atoms with Gasteiger partial charge in [-0.25, -0.2) is 0 Å². The van der Waals surface area contributed by atoms with Crippen molar-refractivity contribution in [1.82, 2.24) is 9.88 Å². The molecule has 0 unspecified atom stereocenters. The number of fused-ring (bicyclic) bond motifs is 1. The Bertz CT molecular complexity index is 440. The number of hydrogen-bond acceptors (Lipinski definition) is 4. The summed E-state index contributed by atoms with van der Waals surface area (Å²) in [4.78, 5) is 6.65. The van der Waals surface area contributed by atoms with Crippen molar-refractivity contribution in [3.63, 3.8) is 0 Å². The molecule has 0 saturated carbocycles. The Morgan fingerprint density at radius 2 is 2.29 bits per heavy atom. The third kappa shape index (κ3) is 3.44. The van der Waals surface area contributed by atoms with Gasteiger partial charge in [-0.15, -0.1) is 0 Å². The SMILES string of the molecule is CCOC[C@]12CCCO[C@H]1CCN(Cc1ccncc1)C2. The Kier molecular flexibility index (Phi) is 4.88. The van der Waals surface area contributed by atoms with Gasteiger partial charge in [0.05, 0.1) is 12.7 Å². The van der Waals surface area contributed by atoms with Crippen LogP contribution in [-0.4, -0.2) is 48.9 Å². The van der Waals surface area contributed by atoms with E-state index in [2.05, 4.69) is 28.9 Å². The smallest absolute Gasteiger partial charge is 0.0677 e. The molecule has 2 aliphatic rings. The van der Waals surface area contributed by atoms with E-state index < -0.39 is 0 Å². The summed E-state index contributed by atoms with van der Waals surface area (Å²) in [5, 5.41) is 0. The highest BCUT2D eigenvalue weighted by molar-refractivity contribution is 5.10. The van der Waals surface area contributed by atoms with E-state index >= 15 is 0 Å². The summed E-state index contributed by atoms with van der Waals surface area (Å²) in [6.07, 6.45) is 7.64. The van der Waals surface area contributed by atoms with Crippen LogP contribution in [0.2, 0.25) is 0 Å². The first-order valence-corrected chi connectivity index (χ1v) is 8.13. The molecule has 0 N–H and O–H groups in total. The van der Waals surface area contributed by atoms with E-state index in [0.29, 0.717) is 6.10 Å². The van der Waals surface area contributed by atoms with E-state index in [4.69, 9.17) is 9.47 Å². The quantitative estimate of drug-likeness (QED) is 0.834. The molecule has 1 aromatic rings. The number of aromatic nitrogens is 1. The molecule has 116 valence electrons. The van der Waals surface area contributed by atoms with Crippen LogP contribution in [0.1, 0.15) is 31.7 Å². The van der Waals surface area contributed by atoms with Crippen LogP contribution in [0.4, 0.5) is 0 Å². The average molecular weight is 290 g/mol. The lowest BCUT2D eigenvalue weighted by Crippen LogP contribution is -2.56. The maximum absolute atomic E-state index is 6.06. The standard InChI is InChI=1S/C17H26N2O2/c1-2-20-14-17-7-3-11-21-16(17)6-10-19(13-17)12-15-4-8-18-9-5-15/h4-5,8-9,16H,2-3,6-7,10-14H2,1H3/t16-,17+/m0/s1. The zero-order valence-electron chi connectivity index (χ0n) is 13.0. The second kappa shape index (κ2) is 6.86. The second-order valence-corrected chi connectivity index (χ2v) is 6.32. The lowest BCUT2D eigenvalue weighted by Gasteiger charge is -2.50. The van der Waals surface area contributed by atoms with E-state index in [1.54, 1.807) is 0 Å². The first-order valence-electron chi connectivity index (χ1n) is 8.13. The van der Waals surface area contributed by atoms with Crippen LogP contribution in [-0.2, 0) is 16.0 Å². The molecule has 0 bridgehead atoms. The summed E-state index contributed by atoms with van der Waals surface area (Å²) in [6, 6.07) is 4.22. The minimum atomic E-state index is 0.194. The molecule has 0 radical (unpaired) electrons. The highest BCUT2D eigenvalue weighted by Gasteiger charge is 2.45. The van der Waals surface area contributed by atoms with Gasteiger partial charge in [-0.05, 0) is 43.9 Å². The molecule has 0 aliphatic carbocycles. The lowest BCUT2D eigenvalue weighted by molar-refractivity contribution is -0.153. The molecule has 2 saturated heterocycles. The Morgan fingerprint density at radius 3 is 3.10 bits per heavy atom. The minimum absolute atomic E-state index is 0.194. The van der Waals surface area contributed by atoms with Gasteiger partial charge < -0.3 is 9.47 Å². The van der Waals surface area contributed by atoms with Crippen molar-refractivity contribution in [3.8, 4) is 0 Å². The Morgan fingerprint density at radius 1 is 1.43 bits per heavy atom. The summed E-state index contributed by atoms with van der Waals surface area (Å²) in [6.45, 7) is 7.82. The van der Waals surface area contributed by atoms with Crippen molar-refractivity contribution in [1.29, 1.82) is 0 Å². The van der Waals surface area contributed by atoms with E-state index in [9.17, 15) is 0 Å². The number of likely N-dealkylation sites (tertiary alicyclic amines) is 1. The van der Waals surface area contributed by atoms with Crippen molar-refractivity contribution in [3.05, 3.63) is 30.1 Å². The van der Waals surface area contributed by atoms with Crippen molar-refractivity contribution < 1.29 is 9.47 Å². The molecule has 4 heteroatoms. The van der Waals surface area contributed by atoms with Crippen LogP contribution in [0.15, 0.2) is 24.5 Å². The van der Waals surface area contributed by atoms with Crippen LogP contribution >= 0.6 is 0 Å². The summed E-state index contributed by atoms with van der Waals surface area (Å²) >= 11 is 0. The maximum Gasteiger partial charge on any atom is 0.0677 e. The van der Waals surface area contributed by atoms with Gasteiger partial charge in [-0.2, -0.15) is 0 Å². The Labute approximate surface area is 127 Å². The Balaban J connectivity index is 1.68. The predicted octanol–water partition coefficient (Wildman–Crippen LogP) is 2.49. The lowest BCUT2D eigenvalue weighted by atomic mass is 9.73. The summed E-state index contributed by atoms with van der Waals surface area (Å²) in [7, 11) is 0. The molecule has 0 aromatic carbocycles. The average Bonchev–Trinajstić information content (AvgIpc) is 2.54. The number of pyridine rings is 1. The zero-order chi connectivity index (χ0) is 14.5. The zero-order valence-corrected chi connectivity index (χ0v) is 13.0. The third-order valence-corrected chi connectivity index (χ3v) is 4.82. The minimum Gasteiger partial charge on any atom is -0.381 e. The van der Waals surface area contributed by atoms with Crippen LogP contribution in [0.5, 0.6) is 0 Å². The van der Waals surface area contributed by atoms with Crippen LogP contribution in [0.3, 0.4) is 0 Å². The molecule has 2 atom stereocenters. The number of hydrogen-bond donors (Lipinski definition) is 0. The molecule has 0 amide bonds. The second-order valence-electron chi connectivity index (χ2n) is 6.32. The van der Waals surface area contributed by atoms with Crippen LogP contribution in [0, 0.1) is 5.41 Å². The highest BCUT2D eigenvalue weighted by atomic mass is 16.5. The van der Waals surface area contributed by atoms with Crippen LogP contribution in [0.25, 0.3) is 0 Å². The monoisotopic (exact) mass is 290 g/mol. The normalized spacial score (nSPS) is 30.0. The van der Waals surface area contributed by atoms with Gasteiger partial charge in [0, 0.05) is 50.7 Å². The molecule has 2 aliphatic heterocycles. The Hall–Kier alpha value is -0.970. The van der Waals surface area contributed by atoms with Crippen molar-refractivity contribution in [2.45, 2.75) is 38.8 Å². The number of piperidine rings is 1. The van der Waals surface area contributed by atoms with Gasteiger partial charge >= 0.3 is 0 Å². The molecule has 3 heterocycles. The third-order valence-electron chi connectivity index (χ3n) is 4.82. The van der Waals surface area contributed by atoms with Gasteiger partial charge in [0.1, 0.15) is 0 Å². The van der Waals surface area contributed by atoms with Crippen LogP contribution < -0.4 is 0 Å².